The van der Waals surface area contributed by atoms with Gasteiger partial charge in [0.25, 0.3) is 0 Å². The quantitative estimate of drug-likeness (QED) is 0.339. The van der Waals surface area contributed by atoms with E-state index in [0.717, 1.165) is 22.5 Å². The summed E-state index contributed by atoms with van der Waals surface area (Å²) in [5, 5.41) is 8.29. The summed E-state index contributed by atoms with van der Waals surface area (Å²) in [5.74, 6) is 1.05. The van der Waals surface area contributed by atoms with E-state index in [4.69, 9.17) is 11.6 Å². The third kappa shape index (κ3) is 12.5. The van der Waals surface area contributed by atoms with Gasteiger partial charge in [-0.05, 0) is 29.6 Å². The molecule has 0 saturated heterocycles. The monoisotopic (exact) mass is 409 g/mol. The topological polar surface area (TPSA) is 41.6 Å². The molecular weight excluding hydrogens is 373 g/mol. The van der Waals surface area contributed by atoms with Crippen LogP contribution in [0.3, 0.4) is 0 Å². The summed E-state index contributed by atoms with van der Waals surface area (Å²) in [7, 11) is 4.33. The zero-order valence-corrected chi connectivity index (χ0v) is 19.6. The second-order valence-electron chi connectivity index (χ2n) is 4.73. The van der Waals surface area contributed by atoms with Crippen LogP contribution in [0.2, 0.25) is 5.15 Å². The van der Waals surface area contributed by atoms with Crippen molar-refractivity contribution in [2.75, 3.05) is 0 Å². The number of aromatic amines is 1. The van der Waals surface area contributed by atoms with Gasteiger partial charge in [-0.3, -0.25) is 5.10 Å². The van der Waals surface area contributed by atoms with Crippen LogP contribution in [0.15, 0.2) is 12.3 Å². The minimum absolute atomic E-state index is 0.508. The predicted octanol–water partition coefficient (Wildman–Crippen LogP) is 8.26. The van der Waals surface area contributed by atoms with Crippen molar-refractivity contribution in [3.63, 3.8) is 0 Å². The van der Waals surface area contributed by atoms with Gasteiger partial charge in [-0.1, -0.05) is 97.6 Å². The molecule has 2 heterocycles. The summed E-state index contributed by atoms with van der Waals surface area (Å²) in [6.07, 6.45) is 7.59. The molecule has 1 saturated carbocycles. The van der Waals surface area contributed by atoms with Crippen LogP contribution in [0.1, 0.15) is 79.8 Å². The van der Waals surface area contributed by atoms with Gasteiger partial charge in [0, 0.05) is 11.9 Å². The normalized spacial score (nSPS) is 11.8. The molecule has 2 aromatic rings. The molecule has 0 spiro atoms. The maximum atomic E-state index is 5.83. The van der Waals surface area contributed by atoms with Crippen LogP contribution in [0.25, 0.3) is 10.9 Å². The summed E-state index contributed by atoms with van der Waals surface area (Å²) in [4.78, 5) is 3.95. The van der Waals surface area contributed by atoms with Crippen LogP contribution in [0.5, 0.6) is 0 Å². The highest BCUT2D eigenvalue weighted by atomic mass is 35.7. The molecule has 0 aromatic carbocycles. The Morgan fingerprint density at radius 2 is 1.52 bits per heavy atom. The molecule has 0 amide bonds. The lowest BCUT2D eigenvalue weighted by Crippen LogP contribution is -1.78. The molecule has 1 aliphatic rings. The van der Waals surface area contributed by atoms with Crippen molar-refractivity contribution in [3.05, 3.63) is 23.1 Å². The molecular formula is C19H37Cl2N3S. The Morgan fingerprint density at radius 3 is 1.88 bits per heavy atom. The number of H-pyrrole nitrogens is 1. The Bertz CT molecular complexity index is 498. The molecule has 1 N–H and O–H groups in total. The van der Waals surface area contributed by atoms with Crippen molar-refractivity contribution in [2.45, 2.75) is 81.1 Å². The van der Waals surface area contributed by atoms with Gasteiger partial charge in [0.1, 0.15) is 5.15 Å². The Balaban J connectivity index is -0.000000296. The molecule has 3 nitrogen and oxygen atoms in total. The number of pyridine rings is 1. The lowest BCUT2D eigenvalue weighted by atomic mass is 10.2. The fourth-order valence-corrected chi connectivity index (χ4v) is 2.49. The number of aromatic nitrogens is 3. The van der Waals surface area contributed by atoms with Crippen molar-refractivity contribution >= 4 is 45.0 Å². The molecule has 2 aromatic heterocycles. The van der Waals surface area contributed by atoms with Gasteiger partial charge in [0.15, 0.2) is 0 Å². The van der Waals surface area contributed by atoms with E-state index in [9.17, 15) is 0 Å². The number of nitrogens with zero attached hydrogens (tertiary/aromatic N) is 2. The van der Waals surface area contributed by atoms with E-state index in [-0.39, 0.29) is 0 Å². The molecule has 6 heteroatoms. The highest BCUT2D eigenvalue weighted by Gasteiger charge is 2.07. The molecule has 3 rings (SSSR count). The molecule has 0 unspecified atom stereocenters. The molecule has 1 fully saturated rings. The second-order valence-corrected chi connectivity index (χ2v) is 5.09. The van der Waals surface area contributed by atoms with E-state index in [1.165, 1.54) is 25.7 Å². The average molecular weight is 410 g/mol. The average Bonchev–Trinajstić information content (AvgIpc) is 3.32. The predicted molar refractivity (Wildman–Crippen MR) is 120 cm³/mol. The van der Waals surface area contributed by atoms with Crippen molar-refractivity contribution < 1.29 is 0 Å². The highest BCUT2D eigenvalue weighted by molar-refractivity contribution is 8.05. The molecule has 0 aliphatic heterocycles. The molecule has 0 radical (unpaired) electrons. The first-order valence-corrected chi connectivity index (χ1v) is 11.0. The van der Waals surface area contributed by atoms with Gasteiger partial charge in [0.05, 0.1) is 10.9 Å². The fraction of sp³-hybridized carbons (Fsp3) is 0.684. The van der Waals surface area contributed by atoms with Crippen LogP contribution < -0.4 is 0 Å². The summed E-state index contributed by atoms with van der Waals surface area (Å²) >= 11 is 8.83. The summed E-state index contributed by atoms with van der Waals surface area (Å²) < 4.78 is 0. The minimum atomic E-state index is 0.508. The Morgan fingerprint density at radius 1 is 1.04 bits per heavy atom. The number of hydrogen-bond donors (Lipinski definition) is 2. The number of thiol groups is 1. The first-order chi connectivity index (χ1) is 12.2. The number of nitrogens with one attached hydrogen (secondary N) is 1. The lowest BCUT2D eigenvalue weighted by molar-refractivity contribution is 0.612. The molecule has 0 atom stereocenters. The number of halogens is 2. The number of hydrogen-bond acceptors (Lipinski definition) is 3. The summed E-state index contributed by atoms with van der Waals surface area (Å²) in [6.45, 7) is 16.3. The van der Waals surface area contributed by atoms with Gasteiger partial charge in [-0.15, -0.1) is 0 Å². The number of rotatable bonds is 0. The van der Waals surface area contributed by atoms with Gasteiger partial charge >= 0.3 is 0 Å². The number of aryl methyl sites for hydroxylation is 1. The van der Waals surface area contributed by atoms with Crippen LogP contribution in [-0.4, -0.2) is 15.2 Å². The standard InChI is InChI=1S/C7H6ClN3.C6H12.3C2H6.ClHS/c1-4-6-5(11-10-4)2-3-9-7(6)8;1-6-4-2-3-5-6;4*1-2/h2-3H,1H3,(H,10,11);6H,2-5H2,1H3;3*1-2H3;2H. The van der Waals surface area contributed by atoms with Crippen LogP contribution in [0, 0.1) is 12.8 Å². The maximum Gasteiger partial charge on any atom is 0.140 e. The minimum Gasteiger partial charge on any atom is -0.282 e. The molecule has 148 valence electrons. The van der Waals surface area contributed by atoms with Crippen LogP contribution in [-0.2, 0) is 0 Å². The van der Waals surface area contributed by atoms with E-state index in [2.05, 4.69) is 44.6 Å². The van der Waals surface area contributed by atoms with Crippen molar-refractivity contribution in [1.82, 2.24) is 15.2 Å². The van der Waals surface area contributed by atoms with Crippen molar-refractivity contribution in [1.29, 1.82) is 0 Å². The number of fused-ring (bicyclic) bond motifs is 1. The van der Waals surface area contributed by atoms with Gasteiger partial charge < -0.3 is 0 Å². The van der Waals surface area contributed by atoms with Gasteiger partial charge in [-0.2, -0.15) is 5.10 Å². The molecule has 1 aliphatic carbocycles. The van der Waals surface area contributed by atoms with E-state index >= 15 is 0 Å². The van der Waals surface area contributed by atoms with E-state index in [1.807, 2.05) is 54.5 Å². The Labute approximate surface area is 170 Å². The van der Waals surface area contributed by atoms with E-state index < -0.39 is 0 Å². The van der Waals surface area contributed by atoms with Gasteiger partial charge in [-0.25, -0.2) is 4.98 Å². The Kier molecular flexibility index (Phi) is 25.3. The maximum absolute atomic E-state index is 5.83. The lowest BCUT2D eigenvalue weighted by Gasteiger charge is -1.91. The molecule has 0 bridgehead atoms. The third-order valence-corrected chi connectivity index (χ3v) is 3.53. The SMILES string of the molecule is CC.CC.CC.CC1CCCC1.Cc1[nH]nc2ccnc(Cl)c12.SCl. The highest BCUT2D eigenvalue weighted by Crippen LogP contribution is 2.23. The van der Waals surface area contributed by atoms with E-state index in [1.54, 1.807) is 6.20 Å². The smallest absolute Gasteiger partial charge is 0.140 e. The van der Waals surface area contributed by atoms with E-state index in [0.29, 0.717) is 5.15 Å². The van der Waals surface area contributed by atoms with Crippen molar-refractivity contribution in [2.24, 2.45) is 5.92 Å². The fourth-order valence-electron chi connectivity index (χ4n) is 2.20. The largest absolute Gasteiger partial charge is 0.282 e. The summed E-state index contributed by atoms with van der Waals surface area (Å²) in [6, 6.07) is 1.82. The first-order valence-electron chi connectivity index (χ1n) is 9.30. The summed E-state index contributed by atoms with van der Waals surface area (Å²) in [5.41, 5.74) is 1.82. The first kappa shape index (κ1) is 29.3. The second kappa shape index (κ2) is 21.6. The Hall–Kier alpha value is -0.450. The van der Waals surface area contributed by atoms with Crippen LogP contribution in [0.4, 0.5) is 0 Å². The zero-order chi connectivity index (χ0) is 20.3. The zero-order valence-electron chi connectivity index (χ0n) is 17.2. The third-order valence-electron chi connectivity index (χ3n) is 3.25. The molecule has 25 heavy (non-hydrogen) atoms. The van der Waals surface area contributed by atoms with Crippen LogP contribution >= 0.6 is 34.1 Å². The van der Waals surface area contributed by atoms with Crippen molar-refractivity contribution in [3.8, 4) is 0 Å². The van der Waals surface area contributed by atoms with Gasteiger partial charge in [0.2, 0.25) is 0 Å².